The van der Waals surface area contributed by atoms with Crippen LogP contribution in [0.2, 0.25) is 0 Å². The molecule has 0 N–H and O–H groups in total. The van der Waals surface area contributed by atoms with Crippen LogP contribution in [-0.2, 0) is 11.3 Å². The van der Waals surface area contributed by atoms with Crippen molar-refractivity contribution in [1.29, 1.82) is 0 Å². The quantitative estimate of drug-likeness (QED) is 0.218. The lowest BCUT2D eigenvalue weighted by molar-refractivity contribution is -0.384. The van der Waals surface area contributed by atoms with Crippen molar-refractivity contribution in [3.05, 3.63) is 77.4 Å². The van der Waals surface area contributed by atoms with E-state index < -0.39 is 4.92 Å². The highest BCUT2D eigenvalue weighted by molar-refractivity contribution is 7.99. The van der Waals surface area contributed by atoms with Gasteiger partial charge in [-0.3, -0.25) is 19.5 Å². The van der Waals surface area contributed by atoms with Crippen molar-refractivity contribution >= 4 is 29.0 Å². The number of aromatic nitrogens is 3. The van der Waals surface area contributed by atoms with Crippen LogP contribution >= 0.6 is 11.8 Å². The molecule has 0 bridgehead atoms. The summed E-state index contributed by atoms with van der Waals surface area (Å²) in [6, 6.07) is 16.3. The summed E-state index contributed by atoms with van der Waals surface area (Å²) in [4.78, 5) is 27.2. The van der Waals surface area contributed by atoms with Crippen LogP contribution in [-0.4, -0.2) is 62.4 Å². The highest BCUT2D eigenvalue weighted by Crippen LogP contribution is 2.25. The van der Waals surface area contributed by atoms with E-state index in [1.165, 1.54) is 23.9 Å². The molecule has 1 fully saturated rings. The fourth-order valence-corrected chi connectivity index (χ4v) is 4.56. The topological polar surface area (TPSA) is 97.4 Å². The van der Waals surface area contributed by atoms with E-state index in [0.717, 1.165) is 17.1 Å². The molecular weight excluding hydrogens is 440 g/mol. The number of anilines is 1. The van der Waals surface area contributed by atoms with Gasteiger partial charge in [-0.05, 0) is 12.1 Å². The first-order chi connectivity index (χ1) is 16.1. The van der Waals surface area contributed by atoms with Crippen molar-refractivity contribution < 1.29 is 9.72 Å². The lowest BCUT2D eigenvalue weighted by atomic mass is 10.2. The Morgan fingerprint density at radius 2 is 1.76 bits per heavy atom. The molecule has 33 heavy (non-hydrogen) atoms. The Bertz CT molecular complexity index is 1120. The summed E-state index contributed by atoms with van der Waals surface area (Å²) in [5, 5.41) is 20.1. The number of hydrogen-bond donors (Lipinski definition) is 0. The van der Waals surface area contributed by atoms with Crippen LogP contribution in [0.25, 0.3) is 11.4 Å². The number of thioether (sulfide) groups is 1. The molecule has 1 saturated heterocycles. The largest absolute Gasteiger partial charge is 0.368 e. The van der Waals surface area contributed by atoms with Crippen molar-refractivity contribution in [2.75, 3.05) is 36.8 Å². The first kappa shape index (κ1) is 22.5. The number of benzene rings is 2. The molecule has 170 valence electrons. The second kappa shape index (κ2) is 10.3. The van der Waals surface area contributed by atoms with Crippen molar-refractivity contribution in [3.8, 4) is 11.4 Å². The van der Waals surface area contributed by atoms with Crippen LogP contribution in [0.15, 0.2) is 72.4 Å². The molecule has 1 aliphatic heterocycles. The van der Waals surface area contributed by atoms with Crippen LogP contribution in [0.5, 0.6) is 0 Å². The maximum absolute atomic E-state index is 12.8. The van der Waals surface area contributed by atoms with Crippen molar-refractivity contribution in [2.45, 2.75) is 11.7 Å². The van der Waals surface area contributed by atoms with E-state index in [4.69, 9.17) is 0 Å². The summed E-state index contributed by atoms with van der Waals surface area (Å²) < 4.78 is 1.97. The average Bonchev–Trinajstić information content (AvgIpc) is 3.26. The first-order valence-electron chi connectivity index (χ1n) is 10.6. The number of nitro benzene ring substituents is 1. The van der Waals surface area contributed by atoms with Crippen LogP contribution in [0, 0.1) is 10.1 Å². The van der Waals surface area contributed by atoms with E-state index in [9.17, 15) is 14.9 Å². The Balaban J connectivity index is 1.34. The number of piperazine rings is 1. The minimum Gasteiger partial charge on any atom is -0.368 e. The Morgan fingerprint density at radius 3 is 2.39 bits per heavy atom. The number of allylic oxidation sites excluding steroid dienone is 1. The minimum atomic E-state index is -0.406. The van der Waals surface area contributed by atoms with E-state index in [1.54, 1.807) is 18.2 Å². The molecule has 2 heterocycles. The van der Waals surface area contributed by atoms with E-state index in [-0.39, 0.29) is 17.3 Å². The molecule has 10 heteroatoms. The number of nitrogens with zero attached hydrogens (tertiary/aromatic N) is 6. The van der Waals surface area contributed by atoms with Gasteiger partial charge in [0.1, 0.15) is 0 Å². The van der Waals surface area contributed by atoms with Gasteiger partial charge in [0.05, 0.1) is 10.7 Å². The Labute approximate surface area is 195 Å². The SMILES string of the molecule is C=CCn1c(SCC(=O)N2CCN(c3ccc([N+](=O)[O-])cc3)CC2)nnc1-c1ccccc1. The van der Waals surface area contributed by atoms with Crippen LogP contribution in [0.1, 0.15) is 0 Å². The number of carbonyl (C=O) groups is 1. The van der Waals surface area contributed by atoms with Crippen molar-refractivity contribution in [3.63, 3.8) is 0 Å². The molecule has 1 aliphatic rings. The van der Waals surface area contributed by atoms with Crippen molar-refractivity contribution in [1.82, 2.24) is 19.7 Å². The molecule has 1 aromatic heterocycles. The summed E-state index contributed by atoms with van der Waals surface area (Å²) >= 11 is 1.38. The van der Waals surface area contributed by atoms with E-state index in [1.807, 2.05) is 39.8 Å². The molecule has 9 nitrogen and oxygen atoms in total. The Kier molecular flexibility index (Phi) is 7.04. The predicted octanol–water partition coefficient (Wildman–Crippen LogP) is 3.48. The van der Waals surface area contributed by atoms with E-state index in [0.29, 0.717) is 37.9 Å². The number of rotatable bonds is 8. The monoisotopic (exact) mass is 464 g/mol. The molecule has 0 spiro atoms. The number of nitro groups is 1. The molecule has 0 saturated carbocycles. The van der Waals surface area contributed by atoms with Gasteiger partial charge >= 0.3 is 0 Å². The smallest absolute Gasteiger partial charge is 0.269 e. The highest BCUT2D eigenvalue weighted by Gasteiger charge is 2.23. The van der Waals surface area contributed by atoms with Gasteiger partial charge in [0.15, 0.2) is 11.0 Å². The standard InChI is InChI=1S/C23H24N6O3S/c1-2-12-28-22(18-6-4-3-5-7-18)24-25-23(28)33-17-21(30)27-15-13-26(14-16-27)19-8-10-20(11-9-19)29(31)32/h2-11H,1,12-17H2. The highest BCUT2D eigenvalue weighted by atomic mass is 32.2. The van der Waals surface area contributed by atoms with Gasteiger partial charge < -0.3 is 9.80 Å². The molecule has 0 unspecified atom stereocenters. The fraction of sp³-hybridized carbons (Fsp3) is 0.261. The van der Waals surface area contributed by atoms with Crippen LogP contribution in [0.3, 0.4) is 0 Å². The molecule has 2 aromatic carbocycles. The fourth-order valence-electron chi connectivity index (χ4n) is 3.71. The Hall–Kier alpha value is -3.66. The summed E-state index contributed by atoms with van der Waals surface area (Å²) in [6.45, 7) is 6.95. The van der Waals surface area contributed by atoms with Gasteiger partial charge in [-0.1, -0.05) is 48.2 Å². The summed E-state index contributed by atoms with van der Waals surface area (Å²) in [5.41, 5.74) is 1.96. The molecule has 1 amide bonds. The molecule has 4 rings (SSSR count). The normalized spacial score (nSPS) is 13.7. The summed E-state index contributed by atoms with van der Waals surface area (Å²) in [7, 11) is 0. The number of non-ortho nitro benzene ring substituents is 1. The number of hydrogen-bond acceptors (Lipinski definition) is 7. The lowest BCUT2D eigenvalue weighted by Gasteiger charge is -2.36. The van der Waals surface area contributed by atoms with Gasteiger partial charge in [-0.2, -0.15) is 0 Å². The second-order valence-corrected chi connectivity index (χ2v) is 8.44. The average molecular weight is 465 g/mol. The minimum absolute atomic E-state index is 0.0535. The molecule has 0 aliphatic carbocycles. The predicted molar refractivity (Wildman–Crippen MR) is 128 cm³/mol. The summed E-state index contributed by atoms with van der Waals surface area (Å²) in [6.07, 6.45) is 1.79. The van der Waals surface area contributed by atoms with Crippen LogP contribution < -0.4 is 4.90 Å². The lowest BCUT2D eigenvalue weighted by Crippen LogP contribution is -2.49. The zero-order valence-corrected chi connectivity index (χ0v) is 18.9. The third kappa shape index (κ3) is 5.23. The first-order valence-corrected chi connectivity index (χ1v) is 11.5. The molecule has 0 atom stereocenters. The molecule has 0 radical (unpaired) electrons. The van der Waals surface area contributed by atoms with Gasteiger partial charge in [0.25, 0.3) is 5.69 Å². The second-order valence-electron chi connectivity index (χ2n) is 7.50. The van der Waals surface area contributed by atoms with E-state index in [2.05, 4.69) is 21.7 Å². The van der Waals surface area contributed by atoms with Gasteiger partial charge in [-0.25, -0.2) is 0 Å². The summed E-state index contributed by atoms with van der Waals surface area (Å²) in [5.74, 6) is 1.08. The third-order valence-corrected chi connectivity index (χ3v) is 6.39. The molecular formula is C23H24N6O3S. The van der Waals surface area contributed by atoms with E-state index >= 15 is 0 Å². The number of amides is 1. The maximum Gasteiger partial charge on any atom is 0.269 e. The third-order valence-electron chi connectivity index (χ3n) is 5.44. The van der Waals surface area contributed by atoms with Gasteiger partial charge in [-0.15, -0.1) is 16.8 Å². The zero-order valence-electron chi connectivity index (χ0n) is 18.0. The van der Waals surface area contributed by atoms with Crippen molar-refractivity contribution in [2.24, 2.45) is 0 Å². The zero-order chi connectivity index (χ0) is 23.2. The Morgan fingerprint density at radius 1 is 1.06 bits per heavy atom. The molecule has 3 aromatic rings. The number of carbonyl (C=O) groups excluding carboxylic acids is 1. The van der Waals surface area contributed by atoms with Gasteiger partial charge in [0.2, 0.25) is 5.91 Å². The van der Waals surface area contributed by atoms with Crippen LogP contribution in [0.4, 0.5) is 11.4 Å². The maximum atomic E-state index is 12.8. The van der Waals surface area contributed by atoms with Gasteiger partial charge in [0, 0.05) is 56.1 Å².